The van der Waals surface area contributed by atoms with Crippen LogP contribution < -0.4 is 16.0 Å². The number of H-pyrrole nitrogens is 3. The number of Topliss-reactive ketones (excluding diaryl/α,β-unsaturated/α-hetero) is 1. The lowest BCUT2D eigenvalue weighted by molar-refractivity contribution is -0.153. The molecule has 1 saturated heterocycles. The van der Waals surface area contributed by atoms with Gasteiger partial charge in [0.25, 0.3) is 0 Å². The summed E-state index contributed by atoms with van der Waals surface area (Å²) in [5.41, 5.74) is 11.9. The van der Waals surface area contributed by atoms with E-state index in [2.05, 4.69) is 94.4 Å². The monoisotopic (exact) mass is 875 g/mol. The second kappa shape index (κ2) is 21.7. The van der Waals surface area contributed by atoms with Crippen molar-refractivity contribution >= 4 is 47.6 Å². The number of unbranched alkanes of at least 4 members (excludes halogenated alkanes) is 2. The van der Waals surface area contributed by atoms with Gasteiger partial charge in [-0.05, 0) is 112 Å². The third kappa shape index (κ3) is 10.5. The molecule has 64 heavy (non-hydrogen) atoms. The van der Waals surface area contributed by atoms with E-state index < -0.39 is 18.7 Å². The molecule has 0 radical (unpaired) electrons. The Balaban J connectivity index is 1.25. The first-order chi connectivity index (χ1) is 30.7. The van der Waals surface area contributed by atoms with Crippen molar-refractivity contribution in [3.8, 4) is 0 Å². The van der Waals surface area contributed by atoms with E-state index in [0.29, 0.717) is 34.9 Å². The van der Waals surface area contributed by atoms with Crippen LogP contribution in [0, 0.1) is 50.4 Å². The molecule has 0 amide bonds. The van der Waals surface area contributed by atoms with Crippen LogP contribution in [0.3, 0.4) is 0 Å². The number of aromatic amines is 3. The summed E-state index contributed by atoms with van der Waals surface area (Å²) in [4.78, 5) is 52.4. The van der Waals surface area contributed by atoms with E-state index in [1.165, 1.54) is 56.9 Å². The van der Waals surface area contributed by atoms with Gasteiger partial charge >= 0.3 is 11.9 Å². The zero-order valence-corrected chi connectivity index (χ0v) is 40.1. The molecule has 5 heterocycles. The molecule has 3 aromatic heterocycles. The number of carbonyl (C=O) groups is 3. The Morgan fingerprint density at radius 3 is 2.22 bits per heavy atom. The van der Waals surface area contributed by atoms with Crippen LogP contribution in [0.15, 0.2) is 29.6 Å². The van der Waals surface area contributed by atoms with Gasteiger partial charge in [-0.15, -0.1) is 0 Å². The predicted molar refractivity (Wildman–Crippen MR) is 258 cm³/mol. The first kappa shape index (κ1) is 48.4. The molecule has 0 aromatic carbocycles. The van der Waals surface area contributed by atoms with Crippen LogP contribution in [-0.2, 0) is 25.5 Å². The van der Waals surface area contributed by atoms with Crippen LogP contribution in [0.2, 0.25) is 0 Å². The molecule has 2 aliphatic heterocycles. The van der Waals surface area contributed by atoms with Gasteiger partial charge in [-0.1, -0.05) is 104 Å². The van der Waals surface area contributed by atoms with Crippen molar-refractivity contribution in [1.82, 2.24) is 20.3 Å². The van der Waals surface area contributed by atoms with E-state index in [4.69, 9.17) is 9.47 Å². The van der Waals surface area contributed by atoms with E-state index in [1.807, 2.05) is 25.2 Å². The van der Waals surface area contributed by atoms with E-state index in [-0.39, 0.29) is 36.6 Å². The summed E-state index contributed by atoms with van der Waals surface area (Å²) in [6.07, 6.45) is 24.1. The molecular weight excluding hydrogens is 801 g/mol. The molecule has 3 aromatic rings. The molecule has 10 heteroatoms. The maximum absolute atomic E-state index is 14.4. The highest BCUT2D eigenvalue weighted by Gasteiger charge is 2.48. The Morgan fingerprint density at radius 1 is 0.844 bits per heavy atom. The number of rotatable bonds is 21. The highest BCUT2D eigenvalue weighted by Crippen LogP contribution is 2.48. The predicted octanol–water partition coefficient (Wildman–Crippen LogP) is 10.1. The Morgan fingerprint density at radius 2 is 1.53 bits per heavy atom. The Hall–Kier alpha value is -5.09. The molecule has 0 spiro atoms. The number of carbonyl (C=O) groups excluding carboxylic acids is 3. The van der Waals surface area contributed by atoms with Gasteiger partial charge < -0.3 is 34.8 Å². The van der Waals surface area contributed by atoms with Gasteiger partial charge in [-0.3, -0.25) is 14.4 Å². The van der Waals surface area contributed by atoms with Crippen molar-refractivity contribution in [2.45, 2.75) is 146 Å². The average molecular weight is 875 g/mol. The van der Waals surface area contributed by atoms with Crippen LogP contribution in [0.1, 0.15) is 180 Å². The van der Waals surface area contributed by atoms with Gasteiger partial charge in [0.15, 0.2) is 12.6 Å². The minimum atomic E-state index is -1.30. The summed E-state index contributed by atoms with van der Waals surface area (Å²) in [5, 5.41) is 15.3. The number of hydrogen-bond donors (Lipinski definition) is 5. The lowest BCUT2D eigenvalue weighted by Gasteiger charge is -2.20. The van der Waals surface area contributed by atoms with Crippen molar-refractivity contribution < 1.29 is 29.0 Å². The molecule has 346 valence electrons. The second-order valence-electron chi connectivity index (χ2n) is 18.9. The first-order valence-corrected chi connectivity index (χ1v) is 24.1. The largest absolute Gasteiger partial charge is 0.461 e. The Bertz CT molecular complexity index is 2430. The highest BCUT2D eigenvalue weighted by atomic mass is 16.6. The number of ether oxygens (including phenoxy) is 2. The SMILES string of the molecule is C=Cc1c2[nH]c(c1C)/C=C1\N/C(=C3\c4[nH]c(c(C)c4C(=O)[C@@H]3C(=O)OCO)/C=c3\[nH]/c(c(C)c3CC)=C\2)[C@@H](CCC(=O)OC/C=C(\C)CCC[C@H](C)CCC[C@H](C)CCCCC)[C@@H]1C. The normalized spacial score (nSPS) is 21.9. The lowest BCUT2D eigenvalue weighted by atomic mass is 9.85. The number of esters is 2. The minimum Gasteiger partial charge on any atom is -0.461 e. The fraction of sp³-hybridized carbons (Fsp3) is 0.537. The summed E-state index contributed by atoms with van der Waals surface area (Å²) in [6.45, 7) is 23.0. The van der Waals surface area contributed by atoms with E-state index in [0.717, 1.165) is 86.5 Å². The zero-order valence-electron chi connectivity index (χ0n) is 40.1. The van der Waals surface area contributed by atoms with Crippen molar-refractivity contribution in [3.05, 3.63) is 96.5 Å². The quantitative estimate of drug-likeness (QED) is 0.0235. The number of aliphatic hydroxyl groups excluding tert-OH is 1. The summed E-state index contributed by atoms with van der Waals surface area (Å²) in [5.74, 6) is -1.69. The number of aromatic nitrogens is 3. The Labute approximate surface area is 380 Å². The zero-order chi connectivity index (χ0) is 46.2. The number of allylic oxidation sites excluding steroid dienone is 3. The van der Waals surface area contributed by atoms with Gasteiger partial charge in [-0.2, -0.15) is 0 Å². The third-order valence-electron chi connectivity index (χ3n) is 14.4. The lowest BCUT2D eigenvalue weighted by Crippen LogP contribution is -2.26. The summed E-state index contributed by atoms with van der Waals surface area (Å²) < 4.78 is 10.9. The molecule has 3 aliphatic rings. The Kier molecular flexibility index (Phi) is 16.4. The number of hydrogen-bond acceptors (Lipinski definition) is 7. The second-order valence-corrected chi connectivity index (χ2v) is 18.9. The first-order valence-electron chi connectivity index (χ1n) is 24.1. The fourth-order valence-corrected chi connectivity index (χ4v) is 10.3. The molecule has 1 fully saturated rings. The van der Waals surface area contributed by atoms with E-state index in [9.17, 15) is 19.5 Å². The summed E-state index contributed by atoms with van der Waals surface area (Å²) >= 11 is 0. The van der Waals surface area contributed by atoms with Gasteiger partial charge in [0, 0.05) is 74.1 Å². The van der Waals surface area contributed by atoms with Gasteiger partial charge in [0.05, 0.1) is 5.69 Å². The van der Waals surface area contributed by atoms with E-state index in [1.54, 1.807) is 0 Å². The van der Waals surface area contributed by atoms with Crippen LogP contribution >= 0.6 is 0 Å². The van der Waals surface area contributed by atoms with Crippen molar-refractivity contribution in [2.24, 2.45) is 29.6 Å². The standard InChI is InChI=1S/C54H74N4O6/c1-11-14-15-18-31(4)19-16-20-32(5)21-17-22-33(6)25-26-63-47(60)24-23-40-36(9)43-27-41-34(7)38(12-2)45(55-41)28-42-35(8)39(13-3)46(56-42)29-44-37(10)48-52(58-44)49(51(40)57-43)50(53(48)61)54(62)64-30-59/h12,25,27-29,31-32,36,40,50,55-59H,2,11,13-24,26,30H2,1,3-10H3/b33-25+,42-28-,43-27-,46-29-,51-49-/t31-,32-,36+,40+,50-/m1/s1. The number of fused-ring (bicyclic) bond motifs is 7. The molecule has 0 unspecified atom stereocenters. The van der Waals surface area contributed by atoms with Gasteiger partial charge in [0.1, 0.15) is 12.5 Å². The van der Waals surface area contributed by atoms with Crippen LogP contribution in [-0.4, -0.2) is 51.2 Å². The van der Waals surface area contributed by atoms with Crippen molar-refractivity contribution in [3.63, 3.8) is 0 Å². The van der Waals surface area contributed by atoms with Crippen LogP contribution in [0.25, 0.3) is 29.9 Å². The minimum absolute atomic E-state index is 0.136. The molecule has 0 saturated carbocycles. The smallest absolute Gasteiger partial charge is 0.323 e. The maximum atomic E-state index is 14.4. The van der Waals surface area contributed by atoms with E-state index >= 15 is 0 Å². The van der Waals surface area contributed by atoms with Crippen LogP contribution in [0.4, 0.5) is 0 Å². The number of nitrogens with one attached hydrogen (secondary N) is 4. The number of ketones is 1. The topological polar surface area (TPSA) is 149 Å². The summed E-state index contributed by atoms with van der Waals surface area (Å²) in [7, 11) is 0. The number of aliphatic hydroxyl groups is 1. The highest BCUT2D eigenvalue weighted by molar-refractivity contribution is 6.24. The molecule has 10 nitrogen and oxygen atoms in total. The molecule has 5 N–H and O–H groups in total. The third-order valence-corrected chi connectivity index (χ3v) is 14.4. The van der Waals surface area contributed by atoms with Crippen molar-refractivity contribution in [2.75, 3.05) is 13.4 Å². The van der Waals surface area contributed by atoms with Gasteiger partial charge in [0.2, 0.25) is 0 Å². The molecule has 1 aliphatic carbocycles. The van der Waals surface area contributed by atoms with Gasteiger partial charge in [-0.25, -0.2) is 0 Å². The average Bonchev–Trinajstić information content (AvgIpc) is 4.00. The fourth-order valence-electron chi connectivity index (χ4n) is 10.3. The summed E-state index contributed by atoms with van der Waals surface area (Å²) in [6, 6.07) is 0. The van der Waals surface area contributed by atoms with Crippen LogP contribution in [0.5, 0.6) is 0 Å². The molecular formula is C54H74N4O6. The maximum Gasteiger partial charge on any atom is 0.323 e. The molecule has 6 rings (SSSR count). The molecule has 5 atom stereocenters. The molecule has 8 bridgehead atoms. The van der Waals surface area contributed by atoms with Crippen molar-refractivity contribution in [1.29, 1.82) is 0 Å².